The highest BCUT2D eigenvalue weighted by atomic mass is 16.6. The summed E-state index contributed by atoms with van der Waals surface area (Å²) >= 11 is 0. The van der Waals surface area contributed by atoms with Crippen LogP contribution in [0.5, 0.6) is 5.75 Å². The van der Waals surface area contributed by atoms with Gasteiger partial charge in [0, 0.05) is 50.1 Å². The number of oxime groups is 1. The lowest BCUT2D eigenvalue weighted by Crippen LogP contribution is -2.54. The fourth-order valence-electron chi connectivity index (χ4n) is 5.16. The topological polar surface area (TPSA) is 112 Å². The van der Waals surface area contributed by atoms with Crippen molar-refractivity contribution >= 4 is 23.4 Å². The number of hydrogen-bond donors (Lipinski definition) is 2. The van der Waals surface area contributed by atoms with Gasteiger partial charge in [0.25, 0.3) is 0 Å². The first kappa shape index (κ1) is 25.3. The Labute approximate surface area is 217 Å². The highest BCUT2D eigenvalue weighted by Crippen LogP contribution is 2.38. The normalized spacial score (nSPS) is 20.8. The van der Waals surface area contributed by atoms with Gasteiger partial charge in [-0.25, -0.2) is 14.8 Å². The van der Waals surface area contributed by atoms with Crippen molar-refractivity contribution in [2.24, 2.45) is 5.16 Å². The maximum Gasteiger partial charge on any atom is 0.322 e. The highest BCUT2D eigenvalue weighted by molar-refractivity contribution is 5.90. The molecule has 2 aromatic rings. The Bertz CT molecular complexity index is 1100. The van der Waals surface area contributed by atoms with Crippen LogP contribution in [0.4, 0.5) is 16.4 Å². The van der Waals surface area contributed by atoms with Crippen LogP contribution in [0.2, 0.25) is 0 Å². The third-order valence-electron chi connectivity index (χ3n) is 7.46. The molecule has 0 radical (unpaired) electrons. The van der Waals surface area contributed by atoms with Crippen LogP contribution >= 0.6 is 0 Å². The molecule has 2 aliphatic heterocycles. The van der Waals surface area contributed by atoms with Gasteiger partial charge in [0.15, 0.2) is 0 Å². The van der Waals surface area contributed by atoms with E-state index in [4.69, 9.17) is 9.57 Å². The van der Waals surface area contributed by atoms with E-state index >= 15 is 0 Å². The minimum atomic E-state index is -0.417. The Morgan fingerprint density at radius 2 is 1.81 bits per heavy atom. The zero-order valence-corrected chi connectivity index (χ0v) is 21.6. The number of carbonyl (C=O) groups excluding carboxylic acids is 1. The summed E-state index contributed by atoms with van der Waals surface area (Å²) in [6.07, 6.45) is 9.03. The number of aliphatic hydroxyl groups excluding tert-OH is 1. The van der Waals surface area contributed by atoms with Crippen LogP contribution in [-0.2, 0) is 4.84 Å². The van der Waals surface area contributed by atoms with E-state index in [-0.39, 0.29) is 12.1 Å². The first-order chi connectivity index (χ1) is 18.0. The molecule has 1 aliphatic carbocycles. The number of nitrogens with zero attached hydrogens (tertiary/aromatic N) is 5. The van der Waals surface area contributed by atoms with E-state index in [0.29, 0.717) is 24.7 Å². The molecule has 1 aromatic carbocycles. The molecule has 0 spiro atoms. The number of piperidine rings is 1. The molecule has 3 aliphatic rings. The lowest BCUT2D eigenvalue weighted by Gasteiger charge is -2.35. The second-order valence-electron chi connectivity index (χ2n) is 10.2. The van der Waals surface area contributed by atoms with Crippen molar-refractivity contribution in [2.45, 2.75) is 63.6 Å². The summed E-state index contributed by atoms with van der Waals surface area (Å²) in [5.41, 5.74) is 4.04. The van der Waals surface area contributed by atoms with E-state index < -0.39 is 6.10 Å². The number of ether oxygens (including phenoxy) is 1. The van der Waals surface area contributed by atoms with Crippen molar-refractivity contribution in [2.75, 3.05) is 43.5 Å². The number of amides is 2. The Hall–Kier alpha value is -3.40. The Kier molecular flexibility index (Phi) is 7.73. The largest absolute Gasteiger partial charge is 0.496 e. The number of rotatable bonds is 6. The Morgan fingerprint density at radius 1 is 1.11 bits per heavy atom. The third kappa shape index (κ3) is 6.12. The van der Waals surface area contributed by atoms with Gasteiger partial charge in [-0.2, -0.15) is 0 Å². The molecule has 1 saturated carbocycles. The predicted molar refractivity (Wildman–Crippen MR) is 141 cm³/mol. The molecule has 3 heterocycles. The van der Waals surface area contributed by atoms with Crippen LogP contribution in [-0.4, -0.2) is 77.2 Å². The number of anilines is 2. The molecule has 5 rings (SSSR count). The molecule has 0 bridgehead atoms. The number of hydrogen-bond acceptors (Lipinski definition) is 8. The smallest absolute Gasteiger partial charge is 0.322 e. The number of methoxy groups -OCH3 is 1. The molecule has 2 saturated heterocycles. The van der Waals surface area contributed by atoms with Crippen LogP contribution < -0.4 is 15.0 Å². The van der Waals surface area contributed by atoms with Gasteiger partial charge in [0.1, 0.15) is 11.9 Å². The fraction of sp³-hybridized carbons (Fsp3) is 0.556. The van der Waals surface area contributed by atoms with Gasteiger partial charge >= 0.3 is 6.03 Å². The van der Waals surface area contributed by atoms with Crippen molar-refractivity contribution in [3.8, 4) is 5.75 Å². The van der Waals surface area contributed by atoms with Gasteiger partial charge in [-0.15, -0.1) is 0 Å². The second kappa shape index (κ2) is 11.3. The zero-order chi connectivity index (χ0) is 25.8. The van der Waals surface area contributed by atoms with Gasteiger partial charge < -0.3 is 29.8 Å². The average molecular weight is 509 g/mol. The molecule has 0 atom stereocenters. The molecule has 0 unspecified atom stereocenters. The van der Waals surface area contributed by atoms with Gasteiger partial charge in [0.05, 0.1) is 32.0 Å². The summed E-state index contributed by atoms with van der Waals surface area (Å²) in [6.45, 7) is 4.48. The van der Waals surface area contributed by atoms with Crippen molar-refractivity contribution in [1.29, 1.82) is 0 Å². The van der Waals surface area contributed by atoms with Gasteiger partial charge in [-0.05, 0) is 55.7 Å². The summed E-state index contributed by atoms with van der Waals surface area (Å²) < 4.78 is 5.67. The summed E-state index contributed by atoms with van der Waals surface area (Å²) in [7, 11) is 1.66. The van der Waals surface area contributed by atoms with E-state index in [0.717, 1.165) is 80.2 Å². The summed E-state index contributed by atoms with van der Waals surface area (Å²) in [5.74, 6) is 1.95. The van der Waals surface area contributed by atoms with Crippen molar-refractivity contribution in [3.05, 3.63) is 41.7 Å². The monoisotopic (exact) mass is 508 g/mol. The molecule has 10 nitrogen and oxygen atoms in total. The number of carbonyl (C=O) groups is 1. The Morgan fingerprint density at radius 3 is 2.46 bits per heavy atom. The van der Waals surface area contributed by atoms with Crippen molar-refractivity contribution in [1.82, 2.24) is 14.9 Å². The number of aryl methyl sites for hydroxylation is 1. The average Bonchev–Trinajstić information content (AvgIpc) is 2.91. The highest BCUT2D eigenvalue weighted by Gasteiger charge is 2.29. The summed E-state index contributed by atoms with van der Waals surface area (Å²) in [5, 5.41) is 16.8. The summed E-state index contributed by atoms with van der Waals surface area (Å²) in [4.78, 5) is 30.9. The standard InChI is InChI=1S/C27H36N6O4/c1-18-14-28-26(29-15-18)32-11-9-23(10-12-32)37-31-20-5-3-19(4-6-20)24-8-7-21(13-25(24)36-2)30-27(35)33-16-22(34)17-33/h7-8,13-15,19,22-23,34H,3-6,9-12,16-17H2,1-2H3,(H,30,35). The van der Waals surface area contributed by atoms with Crippen LogP contribution in [0.15, 0.2) is 35.7 Å². The maximum atomic E-state index is 12.3. The number of β-amino-alcohol motifs (C(OH)–C–C–N with tert-alkyl or cyclic N) is 1. The third-order valence-corrected chi connectivity index (χ3v) is 7.46. The van der Waals surface area contributed by atoms with E-state index in [1.54, 1.807) is 12.0 Å². The molecule has 3 fully saturated rings. The lowest BCUT2D eigenvalue weighted by atomic mass is 9.82. The van der Waals surface area contributed by atoms with E-state index in [1.807, 2.05) is 37.5 Å². The molecule has 37 heavy (non-hydrogen) atoms. The minimum Gasteiger partial charge on any atom is -0.496 e. The Balaban J connectivity index is 1.09. The van der Waals surface area contributed by atoms with Crippen LogP contribution in [0.1, 0.15) is 55.6 Å². The van der Waals surface area contributed by atoms with Crippen molar-refractivity contribution in [3.63, 3.8) is 0 Å². The summed E-state index contributed by atoms with van der Waals surface area (Å²) in [6, 6.07) is 5.65. The van der Waals surface area contributed by atoms with E-state index in [2.05, 4.69) is 25.3 Å². The molecular formula is C27H36N6O4. The number of likely N-dealkylation sites (tertiary alicyclic amines) is 1. The minimum absolute atomic E-state index is 0.134. The number of urea groups is 1. The van der Waals surface area contributed by atoms with E-state index in [1.165, 1.54) is 0 Å². The fourth-order valence-corrected chi connectivity index (χ4v) is 5.16. The number of aromatic nitrogens is 2. The SMILES string of the molecule is COc1cc(NC(=O)N2CC(O)C2)ccc1C1CCC(=NOC2CCN(c3ncc(C)cn3)CC2)CC1. The number of benzene rings is 1. The quantitative estimate of drug-likeness (QED) is 0.572. The van der Waals surface area contributed by atoms with Crippen molar-refractivity contribution < 1.29 is 19.5 Å². The predicted octanol–water partition coefficient (Wildman–Crippen LogP) is 3.70. The molecular weight excluding hydrogens is 472 g/mol. The number of aliphatic hydroxyl groups is 1. The molecule has 2 amide bonds. The lowest BCUT2D eigenvalue weighted by molar-refractivity contribution is 0.0309. The van der Waals surface area contributed by atoms with Crippen LogP contribution in [0, 0.1) is 6.92 Å². The maximum absolute atomic E-state index is 12.3. The molecule has 1 aromatic heterocycles. The van der Waals surface area contributed by atoms with Gasteiger partial charge in [-0.1, -0.05) is 11.2 Å². The van der Waals surface area contributed by atoms with Crippen LogP contribution in [0.3, 0.4) is 0 Å². The van der Waals surface area contributed by atoms with Gasteiger partial charge in [-0.3, -0.25) is 0 Å². The van der Waals surface area contributed by atoms with Gasteiger partial charge in [0.2, 0.25) is 5.95 Å². The second-order valence-corrected chi connectivity index (χ2v) is 10.2. The van der Waals surface area contributed by atoms with Crippen LogP contribution in [0.25, 0.3) is 0 Å². The molecule has 2 N–H and O–H groups in total. The number of nitrogens with one attached hydrogen (secondary N) is 1. The first-order valence-electron chi connectivity index (χ1n) is 13.2. The molecule has 10 heteroatoms. The zero-order valence-electron chi connectivity index (χ0n) is 21.6. The molecule has 198 valence electrons. The first-order valence-corrected chi connectivity index (χ1v) is 13.2. The van der Waals surface area contributed by atoms with E-state index in [9.17, 15) is 9.90 Å².